The number of benzene rings is 2. The minimum atomic E-state index is -0.407. The van der Waals surface area contributed by atoms with Gasteiger partial charge in [0, 0.05) is 23.9 Å². The van der Waals surface area contributed by atoms with Crippen LogP contribution >= 0.6 is 11.6 Å². The van der Waals surface area contributed by atoms with Crippen LogP contribution in [0.2, 0.25) is 5.02 Å². The molecule has 0 bridgehead atoms. The number of rotatable bonds is 4. The zero-order valence-electron chi connectivity index (χ0n) is 18.1. The lowest BCUT2D eigenvalue weighted by molar-refractivity contribution is -0.118. The van der Waals surface area contributed by atoms with E-state index in [0.29, 0.717) is 34.2 Å². The molecule has 2 aromatic carbocycles. The first-order valence-electron chi connectivity index (χ1n) is 11.1. The molecule has 0 unspecified atom stereocenters. The first kappa shape index (κ1) is 22.8. The molecule has 0 radical (unpaired) electrons. The topological polar surface area (TPSA) is 127 Å². The largest absolute Gasteiger partial charge is 0.370 e. The fraction of sp³-hybridized carbons (Fsp3) is 0.333. The minimum Gasteiger partial charge on any atom is -0.370 e. The molecule has 2 heterocycles. The average Bonchev–Trinajstić information content (AvgIpc) is 3.13. The number of hydrogen-bond donors (Lipinski definition) is 3. The van der Waals surface area contributed by atoms with Gasteiger partial charge < -0.3 is 15.7 Å². The second kappa shape index (κ2) is 10.0. The highest BCUT2D eigenvalue weighted by molar-refractivity contribution is 6.31. The number of carbonyl (C=O) groups excluding carboxylic acids is 1. The van der Waals surface area contributed by atoms with Gasteiger partial charge in [0.2, 0.25) is 5.91 Å². The van der Waals surface area contributed by atoms with Crippen molar-refractivity contribution in [3.8, 4) is 0 Å². The van der Waals surface area contributed by atoms with E-state index in [1.54, 1.807) is 18.2 Å². The molecule has 0 atom stereocenters. The zero-order valence-corrected chi connectivity index (χ0v) is 18.9. The summed E-state index contributed by atoms with van der Waals surface area (Å²) in [4.78, 5) is 44.0. The van der Waals surface area contributed by atoms with Crippen LogP contribution in [0.4, 0.5) is 0 Å². The van der Waals surface area contributed by atoms with Gasteiger partial charge in [-0.05, 0) is 43.2 Å². The van der Waals surface area contributed by atoms with Gasteiger partial charge in [0.15, 0.2) is 0 Å². The molecular weight excluding hydrogens is 442 g/mol. The van der Waals surface area contributed by atoms with E-state index in [1.165, 1.54) is 19.3 Å². The third kappa shape index (κ3) is 5.34. The molecule has 8 nitrogen and oxygen atoms in total. The lowest BCUT2D eigenvalue weighted by Crippen LogP contribution is -2.23. The Labute approximate surface area is 194 Å². The van der Waals surface area contributed by atoms with Gasteiger partial charge in [-0.25, -0.2) is 9.78 Å². The molecule has 172 valence electrons. The Morgan fingerprint density at radius 3 is 2.61 bits per heavy atom. The summed E-state index contributed by atoms with van der Waals surface area (Å²) >= 11 is 5.93. The predicted molar refractivity (Wildman–Crippen MR) is 130 cm³/mol. The number of nitrogens with two attached hydrogens (primary N) is 1. The second-order valence-corrected chi connectivity index (χ2v) is 8.69. The quantitative estimate of drug-likeness (QED) is 0.421. The smallest absolute Gasteiger partial charge is 0.326 e. The van der Waals surface area contributed by atoms with Crippen LogP contribution < -0.4 is 17.0 Å². The van der Waals surface area contributed by atoms with Crippen molar-refractivity contribution >= 4 is 39.4 Å². The number of hydrogen-bond acceptors (Lipinski definition) is 4. The van der Waals surface area contributed by atoms with Crippen LogP contribution in [0.1, 0.15) is 50.4 Å². The highest BCUT2D eigenvalue weighted by Gasteiger charge is 2.19. The summed E-state index contributed by atoms with van der Waals surface area (Å²) in [5.41, 5.74) is 7.29. The molecular formula is C24H26ClN5O3. The molecule has 9 heteroatoms. The van der Waals surface area contributed by atoms with Gasteiger partial charge in [0.05, 0.1) is 21.9 Å². The number of imidazole rings is 1. The van der Waals surface area contributed by atoms with Crippen molar-refractivity contribution in [3.05, 3.63) is 74.1 Å². The summed E-state index contributed by atoms with van der Waals surface area (Å²) in [5, 5.41) is 1.21. The maximum Gasteiger partial charge on any atom is 0.326 e. The van der Waals surface area contributed by atoms with Crippen molar-refractivity contribution in [1.29, 1.82) is 0 Å². The van der Waals surface area contributed by atoms with E-state index in [0.717, 1.165) is 23.9 Å². The first-order chi connectivity index (χ1) is 15.9. The van der Waals surface area contributed by atoms with Gasteiger partial charge in [-0.1, -0.05) is 43.0 Å². The number of nitrogens with zero attached hydrogens (tertiary/aromatic N) is 2. The SMILES string of the molecule is NC(=O)CCc1nc2ccccc2c(=O)[nH]1.O=c1[nH]c2cc(Cl)ccc2n1C1CCCCC1. The lowest BCUT2D eigenvalue weighted by Gasteiger charge is -2.22. The van der Waals surface area contributed by atoms with E-state index >= 15 is 0 Å². The van der Waals surface area contributed by atoms with Crippen molar-refractivity contribution in [2.75, 3.05) is 0 Å². The molecule has 1 amide bonds. The minimum absolute atomic E-state index is 0.00540. The van der Waals surface area contributed by atoms with E-state index < -0.39 is 5.91 Å². The van der Waals surface area contributed by atoms with E-state index in [9.17, 15) is 14.4 Å². The van der Waals surface area contributed by atoms with E-state index in [1.807, 2.05) is 28.8 Å². The molecule has 0 aliphatic heterocycles. The van der Waals surface area contributed by atoms with Crippen LogP contribution in [-0.2, 0) is 11.2 Å². The molecule has 4 aromatic rings. The molecule has 1 fully saturated rings. The number of carbonyl (C=O) groups is 1. The van der Waals surface area contributed by atoms with Gasteiger partial charge in [0.25, 0.3) is 5.56 Å². The van der Waals surface area contributed by atoms with Crippen LogP contribution in [-0.4, -0.2) is 25.4 Å². The molecule has 1 saturated carbocycles. The molecule has 1 aliphatic rings. The van der Waals surface area contributed by atoms with Crippen molar-refractivity contribution < 1.29 is 4.79 Å². The summed E-state index contributed by atoms with van der Waals surface area (Å²) in [7, 11) is 0. The van der Waals surface area contributed by atoms with Crippen molar-refractivity contribution in [3.63, 3.8) is 0 Å². The fourth-order valence-electron chi connectivity index (χ4n) is 4.30. The van der Waals surface area contributed by atoms with Gasteiger partial charge in [0.1, 0.15) is 5.82 Å². The number of aromatic amines is 2. The monoisotopic (exact) mass is 467 g/mol. The molecule has 5 rings (SSSR count). The number of amides is 1. The first-order valence-corrected chi connectivity index (χ1v) is 11.5. The Morgan fingerprint density at radius 2 is 1.85 bits per heavy atom. The maximum atomic E-state index is 12.0. The van der Waals surface area contributed by atoms with Crippen molar-refractivity contribution in [1.82, 2.24) is 19.5 Å². The number of H-pyrrole nitrogens is 2. The summed E-state index contributed by atoms with van der Waals surface area (Å²) < 4.78 is 1.91. The number of aromatic nitrogens is 4. The van der Waals surface area contributed by atoms with Crippen molar-refractivity contribution in [2.24, 2.45) is 5.73 Å². The van der Waals surface area contributed by atoms with Crippen LogP contribution in [0, 0.1) is 0 Å². The summed E-state index contributed by atoms with van der Waals surface area (Å²) in [6.07, 6.45) is 6.48. The Balaban J connectivity index is 0.000000157. The summed E-state index contributed by atoms with van der Waals surface area (Å²) in [6, 6.07) is 13.0. The molecule has 0 spiro atoms. The Kier molecular flexibility index (Phi) is 6.93. The number of halogens is 1. The van der Waals surface area contributed by atoms with Gasteiger partial charge in [-0.3, -0.25) is 14.2 Å². The van der Waals surface area contributed by atoms with Crippen LogP contribution in [0.15, 0.2) is 52.1 Å². The number of para-hydroxylation sites is 1. The van der Waals surface area contributed by atoms with Gasteiger partial charge in [-0.15, -0.1) is 0 Å². The van der Waals surface area contributed by atoms with E-state index in [-0.39, 0.29) is 17.7 Å². The molecule has 0 saturated heterocycles. The second-order valence-electron chi connectivity index (χ2n) is 8.25. The maximum absolute atomic E-state index is 12.0. The molecule has 33 heavy (non-hydrogen) atoms. The third-order valence-electron chi connectivity index (χ3n) is 5.89. The number of fused-ring (bicyclic) bond motifs is 2. The van der Waals surface area contributed by atoms with Crippen LogP contribution in [0.25, 0.3) is 21.9 Å². The highest BCUT2D eigenvalue weighted by Crippen LogP contribution is 2.29. The van der Waals surface area contributed by atoms with Crippen molar-refractivity contribution in [2.45, 2.75) is 51.0 Å². The Bertz CT molecular complexity index is 1400. The molecule has 2 aromatic heterocycles. The van der Waals surface area contributed by atoms with E-state index in [4.69, 9.17) is 17.3 Å². The Hall–Kier alpha value is -3.39. The lowest BCUT2D eigenvalue weighted by atomic mass is 9.95. The average molecular weight is 468 g/mol. The number of primary amides is 1. The normalized spacial score (nSPS) is 14.2. The standard InChI is InChI=1S/C13H15ClN2O.C11H11N3O2/c14-9-6-7-12-11(8-9)15-13(17)16(12)10-4-2-1-3-5-10;12-9(15)5-6-10-13-8-4-2-1-3-7(8)11(16)14-10/h6-8,10H,1-5H2,(H,15,17);1-4H,5-6H2,(H2,12,15)(H,13,14,16). The molecule has 1 aliphatic carbocycles. The Morgan fingerprint density at radius 1 is 1.09 bits per heavy atom. The molecule has 4 N–H and O–H groups in total. The predicted octanol–water partition coefficient (Wildman–Crippen LogP) is 3.83. The van der Waals surface area contributed by atoms with Crippen LogP contribution in [0.3, 0.4) is 0 Å². The summed E-state index contributed by atoms with van der Waals surface area (Å²) in [5.74, 6) is 0.0818. The van der Waals surface area contributed by atoms with Gasteiger partial charge in [-0.2, -0.15) is 0 Å². The third-order valence-corrected chi connectivity index (χ3v) is 6.12. The van der Waals surface area contributed by atoms with Crippen LogP contribution in [0.5, 0.6) is 0 Å². The summed E-state index contributed by atoms with van der Waals surface area (Å²) in [6.45, 7) is 0. The highest BCUT2D eigenvalue weighted by atomic mass is 35.5. The van der Waals surface area contributed by atoms with Gasteiger partial charge >= 0.3 is 5.69 Å². The zero-order chi connectivity index (χ0) is 23.4. The fourth-order valence-corrected chi connectivity index (χ4v) is 4.47. The van der Waals surface area contributed by atoms with E-state index in [2.05, 4.69) is 15.0 Å². The number of aryl methyl sites for hydroxylation is 1. The number of nitrogens with one attached hydrogen (secondary N) is 2.